The minimum atomic E-state index is -0.0362. The van der Waals surface area contributed by atoms with Gasteiger partial charge < -0.3 is 15.1 Å². The Morgan fingerprint density at radius 1 is 0.818 bits per heavy atom. The molecule has 0 unspecified atom stereocenters. The summed E-state index contributed by atoms with van der Waals surface area (Å²) in [5, 5.41) is 17.8. The van der Waals surface area contributed by atoms with Gasteiger partial charge in [0.1, 0.15) is 0 Å². The molecule has 136 valence electrons. The van der Waals surface area contributed by atoms with Crippen LogP contribution in [-0.2, 0) is 0 Å². The molecule has 2 rings (SSSR count). The van der Waals surface area contributed by atoms with E-state index in [-0.39, 0.29) is 12.2 Å². The van der Waals surface area contributed by atoms with Crippen molar-refractivity contribution >= 4 is 0 Å². The lowest BCUT2D eigenvalue weighted by Crippen LogP contribution is -2.37. The van der Waals surface area contributed by atoms with E-state index in [4.69, 9.17) is 5.11 Å². The van der Waals surface area contributed by atoms with E-state index in [0.717, 1.165) is 38.8 Å². The molecule has 0 radical (unpaired) electrons. The summed E-state index contributed by atoms with van der Waals surface area (Å²) in [4.78, 5) is 2.47. The van der Waals surface area contributed by atoms with Crippen LogP contribution in [0.15, 0.2) is 0 Å². The van der Waals surface area contributed by atoms with Crippen molar-refractivity contribution in [3.05, 3.63) is 0 Å². The fourth-order valence-corrected chi connectivity index (χ4v) is 2.02. The van der Waals surface area contributed by atoms with Gasteiger partial charge in [0, 0.05) is 13.1 Å². The first-order valence-electron chi connectivity index (χ1n) is 9.45. The number of likely N-dealkylation sites (tertiary alicyclic amines) is 1. The van der Waals surface area contributed by atoms with Crippen molar-refractivity contribution in [2.45, 2.75) is 99.2 Å². The summed E-state index contributed by atoms with van der Waals surface area (Å²) in [5.41, 5.74) is 0.441. The van der Waals surface area contributed by atoms with Crippen LogP contribution < -0.4 is 0 Å². The zero-order valence-electron chi connectivity index (χ0n) is 16.4. The molecule has 0 aromatic carbocycles. The highest BCUT2D eigenvalue weighted by atomic mass is 16.3. The Hall–Kier alpha value is -0.120. The highest BCUT2D eigenvalue weighted by molar-refractivity contribution is 4.73. The summed E-state index contributed by atoms with van der Waals surface area (Å²) in [5.74, 6) is 0. The van der Waals surface area contributed by atoms with E-state index in [0.29, 0.717) is 5.41 Å². The maximum Gasteiger partial charge on any atom is 0.0564 e. The quantitative estimate of drug-likeness (QED) is 0.790. The summed E-state index contributed by atoms with van der Waals surface area (Å²) in [6.07, 6.45) is 6.53. The Morgan fingerprint density at radius 2 is 1.18 bits per heavy atom. The molecule has 0 bridgehead atoms. The molecule has 3 nitrogen and oxygen atoms in total. The largest absolute Gasteiger partial charge is 0.393 e. The molecular weight excluding hydrogens is 274 g/mol. The fourth-order valence-electron chi connectivity index (χ4n) is 2.02. The first-order valence-corrected chi connectivity index (χ1v) is 9.45. The van der Waals surface area contributed by atoms with Crippen LogP contribution in [0.3, 0.4) is 0 Å². The van der Waals surface area contributed by atoms with Crippen LogP contribution in [0.2, 0.25) is 0 Å². The molecule has 1 saturated carbocycles. The van der Waals surface area contributed by atoms with Gasteiger partial charge in [0.25, 0.3) is 0 Å². The molecule has 1 heterocycles. The van der Waals surface area contributed by atoms with Gasteiger partial charge in [-0.05, 0) is 50.5 Å². The van der Waals surface area contributed by atoms with E-state index in [2.05, 4.69) is 25.7 Å². The number of aliphatic hydroxyl groups excluding tert-OH is 2. The van der Waals surface area contributed by atoms with Crippen LogP contribution in [0.5, 0.6) is 0 Å². The number of hydrogen-bond donors (Lipinski definition) is 2. The first-order chi connectivity index (χ1) is 10.4. The first kappa shape index (κ1) is 24.1. The predicted molar refractivity (Wildman–Crippen MR) is 98.3 cm³/mol. The summed E-state index contributed by atoms with van der Waals surface area (Å²) in [7, 11) is 0. The second-order valence-corrected chi connectivity index (χ2v) is 6.97. The molecular formula is C19H43NO2. The van der Waals surface area contributed by atoms with Crippen molar-refractivity contribution in [3.8, 4) is 0 Å². The smallest absolute Gasteiger partial charge is 0.0564 e. The van der Waals surface area contributed by atoms with Crippen molar-refractivity contribution < 1.29 is 10.2 Å². The molecule has 1 aliphatic carbocycles. The minimum Gasteiger partial charge on any atom is -0.393 e. The summed E-state index contributed by atoms with van der Waals surface area (Å²) < 4.78 is 0. The summed E-state index contributed by atoms with van der Waals surface area (Å²) in [6, 6.07) is 0. The molecule has 2 aliphatic rings. The van der Waals surface area contributed by atoms with E-state index >= 15 is 0 Å². The van der Waals surface area contributed by atoms with Gasteiger partial charge in [-0.25, -0.2) is 0 Å². The number of rotatable bonds is 2. The molecule has 0 amide bonds. The highest BCUT2D eigenvalue weighted by Crippen LogP contribution is 2.20. The lowest BCUT2D eigenvalue weighted by atomic mass is 9.92. The summed E-state index contributed by atoms with van der Waals surface area (Å²) >= 11 is 0. The van der Waals surface area contributed by atoms with Gasteiger partial charge >= 0.3 is 0 Å². The van der Waals surface area contributed by atoms with Gasteiger partial charge in [0.05, 0.1) is 12.2 Å². The predicted octanol–water partition coefficient (Wildman–Crippen LogP) is 4.46. The molecule has 2 N–H and O–H groups in total. The van der Waals surface area contributed by atoms with Crippen LogP contribution in [0.4, 0.5) is 0 Å². The van der Waals surface area contributed by atoms with E-state index in [9.17, 15) is 5.11 Å². The summed E-state index contributed by atoms with van der Waals surface area (Å²) in [6.45, 7) is 18.2. The van der Waals surface area contributed by atoms with Gasteiger partial charge in [-0.15, -0.1) is 0 Å². The Bertz CT molecular complexity index is 214. The van der Waals surface area contributed by atoms with Crippen LogP contribution >= 0.6 is 0 Å². The van der Waals surface area contributed by atoms with Crippen LogP contribution in [-0.4, -0.2) is 47.0 Å². The topological polar surface area (TPSA) is 43.7 Å². The van der Waals surface area contributed by atoms with E-state index in [1.807, 2.05) is 27.7 Å². The molecule has 0 spiro atoms. The second kappa shape index (κ2) is 14.5. The molecule has 3 heteroatoms. The average Bonchev–Trinajstić information content (AvgIpc) is 2.48. The van der Waals surface area contributed by atoms with Gasteiger partial charge in [-0.3, -0.25) is 0 Å². The van der Waals surface area contributed by atoms with Gasteiger partial charge in [0.15, 0.2) is 0 Å². The third-order valence-electron chi connectivity index (χ3n) is 3.81. The third-order valence-corrected chi connectivity index (χ3v) is 3.81. The van der Waals surface area contributed by atoms with Crippen molar-refractivity contribution in [2.24, 2.45) is 5.41 Å². The van der Waals surface area contributed by atoms with Crippen molar-refractivity contribution in [1.82, 2.24) is 4.90 Å². The monoisotopic (exact) mass is 317 g/mol. The van der Waals surface area contributed by atoms with Crippen LogP contribution in [0.1, 0.15) is 87.0 Å². The fraction of sp³-hybridized carbons (Fsp3) is 1.00. The Balaban J connectivity index is 0. The van der Waals surface area contributed by atoms with Crippen LogP contribution in [0.25, 0.3) is 0 Å². The maximum absolute atomic E-state index is 9.33. The Kier molecular flexibility index (Phi) is 15.9. The molecule has 1 aliphatic heterocycles. The molecule has 22 heavy (non-hydrogen) atoms. The van der Waals surface area contributed by atoms with E-state index in [1.54, 1.807) is 0 Å². The Morgan fingerprint density at radius 3 is 1.45 bits per heavy atom. The molecule has 0 atom stereocenters. The lowest BCUT2D eigenvalue weighted by Gasteiger charge is -2.31. The van der Waals surface area contributed by atoms with E-state index < -0.39 is 0 Å². The maximum atomic E-state index is 9.33. The zero-order valence-corrected chi connectivity index (χ0v) is 16.4. The molecule has 1 saturated heterocycles. The van der Waals surface area contributed by atoms with Crippen molar-refractivity contribution in [3.63, 3.8) is 0 Å². The highest BCUT2D eigenvalue weighted by Gasteiger charge is 2.18. The number of piperidine rings is 1. The third kappa shape index (κ3) is 14.8. The Labute approximate surface area is 140 Å². The normalized spacial score (nSPS) is 19.5. The van der Waals surface area contributed by atoms with E-state index in [1.165, 1.54) is 19.4 Å². The number of hydrogen-bond acceptors (Lipinski definition) is 3. The number of aliphatic hydroxyl groups is 2. The molecule has 0 aromatic rings. The standard InChI is InChI=1S/C11H23NO.C4H8O.2C2H6/c1-11(2,3)6-9-12-7-4-10(13)5-8-12;5-4-2-1-3-4;2*1-2/h10,13H,4-9H2,1-3H3;4-5H,1-3H2;2*1-2H3. The zero-order chi connectivity index (χ0) is 17.6. The SMILES string of the molecule is CC.CC.CC(C)(C)CCN1CCC(O)CC1.OC1CCC1. The average molecular weight is 318 g/mol. The van der Waals surface area contributed by atoms with Crippen molar-refractivity contribution in [2.75, 3.05) is 19.6 Å². The second-order valence-electron chi connectivity index (χ2n) is 6.97. The van der Waals surface area contributed by atoms with Gasteiger partial charge in [0.2, 0.25) is 0 Å². The molecule has 0 aromatic heterocycles. The molecule has 2 fully saturated rings. The van der Waals surface area contributed by atoms with Crippen LogP contribution in [0, 0.1) is 5.41 Å². The minimum absolute atomic E-state index is 0.0362. The van der Waals surface area contributed by atoms with Crippen molar-refractivity contribution in [1.29, 1.82) is 0 Å². The van der Waals surface area contributed by atoms with Gasteiger partial charge in [-0.1, -0.05) is 48.5 Å². The number of nitrogens with zero attached hydrogens (tertiary/aromatic N) is 1. The van der Waals surface area contributed by atoms with Gasteiger partial charge in [-0.2, -0.15) is 0 Å². The lowest BCUT2D eigenvalue weighted by molar-refractivity contribution is 0.0774.